The Balaban J connectivity index is 0.780. The van der Waals surface area contributed by atoms with Crippen LogP contribution in [0.2, 0.25) is 0 Å². The van der Waals surface area contributed by atoms with Crippen molar-refractivity contribution in [2.24, 2.45) is 0 Å². The molecule has 0 spiro atoms. The number of methoxy groups -OCH3 is 1. The summed E-state index contributed by atoms with van der Waals surface area (Å²) in [4.78, 5) is 44.5. The third-order valence-electron chi connectivity index (χ3n) is 13.0. The van der Waals surface area contributed by atoms with Gasteiger partial charge in [-0.25, -0.2) is 9.55 Å². The van der Waals surface area contributed by atoms with E-state index in [0.717, 1.165) is 51.4 Å². The van der Waals surface area contributed by atoms with Gasteiger partial charge in [-0.2, -0.15) is 0 Å². The molecule has 8 aromatic rings. The van der Waals surface area contributed by atoms with Crippen molar-refractivity contribution in [2.45, 2.75) is 20.3 Å². The number of benzene rings is 9. The molecule has 8 aromatic carbocycles. The first-order chi connectivity index (χ1) is 35.1. The largest absolute Gasteiger partial charge is 0.584 e. The molecule has 11 rings (SSSR count). The summed E-state index contributed by atoms with van der Waals surface area (Å²) in [6.07, 6.45) is 0.519. The van der Waals surface area contributed by atoms with Crippen LogP contribution in [-0.4, -0.2) is 55.7 Å². The van der Waals surface area contributed by atoms with E-state index in [2.05, 4.69) is 24.1 Å². The second-order valence-electron chi connectivity index (χ2n) is 17.4. The first-order valence-electron chi connectivity index (χ1n) is 23.8. The normalized spacial score (nSPS) is 14.1. The minimum absolute atomic E-state index is 0.199. The molecule has 1 unspecified atom stereocenters. The molecule has 13 nitrogen and oxygen atoms in total. The Hall–Kier alpha value is -8.38. The van der Waals surface area contributed by atoms with E-state index in [1.165, 1.54) is 6.07 Å². The van der Waals surface area contributed by atoms with Crippen molar-refractivity contribution in [1.82, 2.24) is 10.3 Å². The molecule has 0 radical (unpaired) electrons. The zero-order valence-electron chi connectivity index (χ0n) is 39.6. The maximum atomic E-state index is 14.1. The Bertz CT molecular complexity index is 3800. The molecule has 0 saturated carbocycles. The number of amides is 1. The first kappa shape index (κ1) is 46.0. The molecule has 72 heavy (non-hydrogen) atoms. The SMILES string of the molecule is CCN(CC)c1ccc2nc3c4cc(OCC(=O)NCCCOc5ccc(-c6cc7ccccc7c7c6OP(=O)(O)Oc6c(-c8ccc(OC)cc8)cc8ccccc8c6-7)cc5)ccc4c(=O)cc-3oc2c1. The summed E-state index contributed by atoms with van der Waals surface area (Å²) in [7, 11) is -3.15. The second-order valence-corrected chi connectivity index (χ2v) is 18.7. The van der Waals surface area contributed by atoms with Crippen molar-refractivity contribution < 1.29 is 41.9 Å². The molecule has 360 valence electrons. The predicted octanol–water partition coefficient (Wildman–Crippen LogP) is 12.4. The number of nitrogens with one attached hydrogen (secondary N) is 1. The average Bonchev–Trinajstić information content (AvgIpc) is 3.53. The van der Waals surface area contributed by atoms with Crippen LogP contribution in [-0.2, 0) is 9.36 Å². The number of phosphoric ester groups is 1. The molecule has 1 amide bonds. The van der Waals surface area contributed by atoms with Gasteiger partial charge in [0.1, 0.15) is 40.0 Å². The number of hydrogen-bond acceptors (Lipinski definition) is 11. The predicted molar refractivity (Wildman–Crippen MR) is 282 cm³/mol. The van der Waals surface area contributed by atoms with Crippen LogP contribution in [0.15, 0.2) is 161 Å². The molecule has 0 fully saturated rings. The number of carbonyl (C=O) groups excluding carboxylic acids is 1. The molecule has 0 bridgehead atoms. The Labute approximate surface area is 414 Å². The van der Waals surface area contributed by atoms with Gasteiger partial charge in [0.25, 0.3) is 5.91 Å². The number of phosphoric acid groups is 1. The third-order valence-corrected chi connectivity index (χ3v) is 13.9. The molecule has 2 aliphatic heterocycles. The average molecular weight is 978 g/mol. The van der Waals surface area contributed by atoms with E-state index in [1.54, 1.807) is 25.3 Å². The molecular weight excluding hydrogens is 930 g/mol. The number of rotatable bonds is 14. The topological polar surface area (TPSA) is 159 Å². The van der Waals surface area contributed by atoms with Gasteiger partial charge in [-0.15, -0.1) is 0 Å². The summed E-state index contributed by atoms with van der Waals surface area (Å²) in [6.45, 7) is 6.31. The summed E-state index contributed by atoms with van der Waals surface area (Å²) in [5.74, 6) is 2.21. The molecule has 2 heterocycles. The highest BCUT2D eigenvalue weighted by Gasteiger charge is 2.37. The molecular formula is C58H48N3O10P. The highest BCUT2D eigenvalue weighted by molar-refractivity contribution is 7.48. The molecule has 0 saturated heterocycles. The smallest absolute Gasteiger partial charge is 0.497 e. The van der Waals surface area contributed by atoms with Crippen molar-refractivity contribution >= 4 is 62.8 Å². The van der Waals surface area contributed by atoms with Crippen LogP contribution in [0.4, 0.5) is 5.69 Å². The molecule has 1 atom stereocenters. The van der Waals surface area contributed by atoms with Crippen LogP contribution in [0.3, 0.4) is 0 Å². The summed E-state index contributed by atoms with van der Waals surface area (Å²) >= 11 is 0. The van der Waals surface area contributed by atoms with Crippen LogP contribution >= 0.6 is 7.82 Å². The van der Waals surface area contributed by atoms with E-state index >= 15 is 0 Å². The molecule has 14 heteroatoms. The first-order valence-corrected chi connectivity index (χ1v) is 25.2. The van der Waals surface area contributed by atoms with Gasteiger partial charge in [-0.3, -0.25) is 14.5 Å². The van der Waals surface area contributed by atoms with Gasteiger partial charge in [0.15, 0.2) is 23.4 Å². The van der Waals surface area contributed by atoms with Gasteiger partial charge in [-0.05, 0) is 120 Å². The van der Waals surface area contributed by atoms with E-state index in [1.807, 2.05) is 127 Å². The van der Waals surface area contributed by atoms with E-state index in [-0.39, 0.29) is 29.4 Å². The van der Waals surface area contributed by atoms with Crippen LogP contribution in [0.5, 0.6) is 28.7 Å². The fraction of sp³-hybridized carbons (Fsp3) is 0.155. The van der Waals surface area contributed by atoms with Gasteiger partial charge in [0, 0.05) is 70.5 Å². The van der Waals surface area contributed by atoms with Crippen LogP contribution in [0.25, 0.3) is 88.3 Å². The van der Waals surface area contributed by atoms with E-state index in [4.69, 9.17) is 32.7 Å². The second kappa shape index (κ2) is 19.1. The van der Waals surface area contributed by atoms with Gasteiger partial charge < -0.3 is 37.9 Å². The Morgan fingerprint density at radius 1 is 0.681 bits per heavy atom. The quantitative estimate of drug-likeness (QED) is 0.0460. The minimum atomic E-state index is -4.75. The summed E-state index contributed by atoms with van der Waals surface area (Å²) in [5, 5.41) is 7.40. The highest BCUT2D eigenvalue weighted by atomic mass is 31.2. The van der Waals surface area contributed by atoms with Gasteiger partial charge in [0.2, 0.25) is 0 Å². The fourth-order valence-electron chi connectivity index (χ4n) is 9.53. The Morgan fingerprint density at radius 2 is 1.29 bits per heavy atom. The maximum Gasteiger partial charge on any atom is 0.584 e. The molecule has 0 aromatic heterocycles. The lowest BCUT2D eigenvalue weighted by atomic mass is 9.86. The lowest BCUT2D eigenvalue weighted by molar-refractivity contribution is -0.123. The molecule has 3 aliphatic rings. The lowest BCUT2D eigenvalue weighted by Gasteiger charge is -2.21. The number of fused-ring (bicyclic) bond motifs is 11. The van der Waals surface area contributed by atoms with Crippen LogP contribution in [0.1, 0.15) is 20.3 Å². The van der Waals surface area contributed by atoms with E-state index in [0.29, 0.717) is 92.4 Å². The number of hydrogen-bond donors (Lipinski definition) is 2. The van der Waals surface area contributed by atoms with Crippen molar-refractivity contribution in [3.05, 3.63) is 162 Å². The van der Waals surface area contributed by atoms with Gasteiger partial charge in [0.05, 0.1) is 13.7 Å². The monoisotopic (exact) mass is 977 g/mol. The number of ether oxygens (including phenoxy) is 3. The number of nitrogens with zero attached hydrogens (tertiary/aromatic N) is 2. The zero-order valence-corrected chi connectivity index (χ0v) is 40.5. The van der Waals surface area contributed by atoms with E-state index < -0.39 is 7.82 Å². The van der Waals surface area contributed by atoms with Crippen LogP contribution < -0.4 is 38.9 Å². The number of aromatic nitrogens is 1. The maximum absolute atomic E-state index is 14.1. The Morgan fingerprint density at radius 3 is 1.92 bits per heavy atom. The summed E-state index contributed by atoms with van der Waals surface area (Å²) in [6, 6.07) is 47.0. The lowest BCUT2D eigenvalue weighted by Crippen LogP contribution is -2.30. The number of carbonyl (C=O) groups is 1. The van der Waals surface area contributed by atoms with Gasteiger partial charge >= 0.3 is 7.82 Å². The summed E-state index contributed by atoms with van der Waals surface area (Å²) < 4.78 is 49.9. The minimum Gasteiger partial charge on any atom is -0.497 e. The highest BCUT2D eigenvalue weighted by Crippen LogP contribution is 2.61. The molecule has 1 aliphatic carbocycles. The Kier molecular flexibility index (Phi) is 12.2. The third kappa shape index (κ3) is 8.78. The fourth-order valence-corrected chi connectivity index (χ4v) is 10.4. The molecule has 2 N–H and O–H groups in total. The van der Waals surface area contributed by atoms with Crippen molar-refractivity contribution in [1.29, 1.82) is 0 Å². The van der Waals surface area contributed by atoms with Crippen molar-refractivity contribution in [3.8, 4) is 73.6 Å². The van der Waals surface area contributed by atoms with Crippen molar-refractivity contribution in [2.75, 3.05) is 44.9 Å². The standard InChI is InChI=1S/C58H48N3O10P/c1-4-61(5-2)39-19-26-49-51(31-39)69-52-33-50(62)45-25-24-42(32-48(45)56(52)60-49)68-34-53(63)59-27-10-28-67-41-22-17-36(18-23-41)47-30-38-12-7-9-14-44(38)55-54-43-13-8-6-11-37(43)29-46(35-15-20-40(66-3)21-16-35)57(54)70-72(64,65)71-58(47)55/h6-9,11-26,29-33H,4-5,10,27-28,34H2,1-3H3,(H,59,63)(H,64,65). The van der Waals surface area contributed by atoms with Crippen molar-refractivity contribution in [3.63, 3.8) is 0 Å². The summed E-state index contributed by atoms with van der Waals surface area (Å²) in [5.41, 5.74) is 6.61. The number of anilines is 1. The van der Waals surface area contributed by atoms with E-state index in [9.17, 15) is 19.0 Å². The zero-order chi connectivity index (χ0) is 49.5. The van der Waals surface area contributed by atoms with Crippen LogP contribution in [0, 0.1) is 0 Å². The van der Waals surface area contributed by atoms with Gasteiger partial charge in [-0.1, -0.05) is 72.8 Å².